The molecule has 2 fully saturated rings. The van der Waals surface area contributed by atoms with Crippen molar-refractivity contribution in [3.05, 3.63) is 69.8 Å². The second-order valence-corrected chi connectivity index (χ2v) is 11.0. The summed E-state index contributed by atoms with van der Waals surface area (Å²) in [6.07, 6.45) is 0.961. The SMILES string of the molecule is Cc1cccc(CN2CCN(C(=O)C3CCN(S(=O)(=O)c4ccc([N+](=O)[O-])cc4)CC3)CC2)c1. The second-order valence-electron chi connectivity index (χ2n) is 9.02. The van der Waals surface area contributed by atoms with Gasteiger partial charge in [0.15, 0.2) is 0 Å². The van der Waals surface area contributed by atoms with Gasteiger partial charge in [0.1, 0.15) is 0 Å². The van der Waals surface area contributed by atoms with Crippen molar-refractivity contribution < 1.29 is 18.1 Å². The van der Waals surface area contributed by atoms with Gasteiger partial charge in [-0.25, -0.2) is 8.42 Å². The Kier molecular flexibility index (Phi) is 7.30. The lowest BCUT2D eigenvalue weighted by Crippen LogP contribution is -2.51. The van der Waals surface area contributed by atoms with E-state index in [9.17, 15) is 23.3 Å². The van der Waals surface area contributed by atoms with Crippen LogP contribution in [0.15, 0.2) is 53.4 Å². The zero-order valence-corrected chi connectivity index (χ0v) is 20.1. The lowest BCUT2D eigenvalue weighted by molar-refractivity contribution is -0.384. The summed E-state index contributed by atoms with van der Waals surface area (Å²) in [4.78, 5) is 27.6. The number of hydrogen-bond acceptors (Lipinski definition) is 6. The molecule has 182 valence electrons. The summed E-state index contributed by atoms with van der Waals surface area (Å²) in [5, 5.41) is 10.8. The van der Waals surface area contributed by atoms with Crippen LogP contribution in [0.3, 0.4) is 0 Å². The predicted molar refractivity (Wildman–Crippen MR) is 128 cm³/mol. The van der Waals surface area contributed by atoms with Gasteiger partial charge in [-0.3, -0.25) is 19.8 Å². The van der Waals surface area contributed by atoms with Gasteiger partial charge in [-0.15, -0.1) is 0 Å². The fourth-order valence-electron chi connectivity index (χ4n) is 4.69. The molecule has 10 heteroatoms. The number of rotatable bonds is 6. The van der Waals surface area contributed by atoms with Crippen LogP contribution in [0.5, 0.6) is 0 Å². The van der Waals surface area contributed by atoms with Crippen LogP contribution in [0, 0.1) is 23.0 Å². The largest absolute Gasteiger partial charge is 0.340 e. The van der Waals surface area contributed by atoms with Gasteiger partial charge in [0.05, 0.1) is 9.82 Å². The van der Waals surface area contributed by atoms with Gasteiger partial charge in [-0.2, -0.15) is 4.31 Å². The topological polar surface area (TPSA) is 104 Å². The molecule has 9 nitrogen and oxygen atoms in total. The van der Waals surface area contributed by atoms with E-state index in [1.807, 2.05) is 4.90 Å². The third-order valence-corrected chi connectivity index (χ3v) is 8.57. The van der Waals surface area contributed by atoms with Crippen molar-refractivity contribution >= 4 is 21.6 Å². The van der Waals surface area contributed by atoms with Crippen LogP contribution in [-0.2, 0) is 21.4 Å². The molecule has 2 aliphatic rings. The molecule has 2 aromatic rings. The molecule has 0 atom stereocenters. The zero-order chi connectivity index (χ0) is 24.3. The van der Waals surface area contributed by atoms with Crippen molar-refractivity contribution in [2.24, 2.45) is 5.92 Å². The molecule has 0 aliphatic carbocycles. The number of amides is 1. The van der Waals surface area contributed by atoms with Gasteiger partial charge < -0.3 is 4.90 Å². The number of non-ortho nitro benzene ring substituents is 1. The Labute approximate surface area is 200 Å². The number of aryl methyl sites for hydroxylation is 1. The molecule has 0 N–H and O–H groups in total. The molecule has 34 heavy (non-hydrogen) atoms. The minimum Gasteiger partial charge on any atom is -0.340 e. The zero-order valence-electron chi connectivity index (χ0n) is 19.3. The fraction of sp³-hybridized carbons (Fsp3) is 0.458. The van der Waals surface area contributed by atoms with E-state index in [0.717, 1.165) is 19.6 Å². The molecule has 0 bridgehead atoms. The minimum atomic E-state index is -3.74. The first kappa shape index (κ1) is 24.3. The average molecular weight is 487 g/mol. The first-order valence-electron chi connectivity index (χ1n) is 11.6. The van der Waals surface area contributed by atoms with E-state index in [4.69, 9.17) is 0 Å². The van der Waals surface area contributed by atoms with Crippen LogP contribution >= 0.6 is 0 Å². The van der Waals surface area contributed by atoms with Crippen molar-refractivity contribution in [3.63, 3.8) is 0 Å². The summed E-state index contributed by atoms with van der Waals surface area (Å²) >= 11 is 0. The normalized spacial score (nSPS) is 18.7. The Balaban J connectivity index is 1.28. The van der Waals surface area contributed by atoms with Gasteiger partial charge in [0.2, 0.25) is 15.9 Å². The van der Waals surface area contributed by atoms with Crippen LogP contribution in [0.4, 0.5) is 5.69 Å². The molecular weight excluding hydrogens is 456 g/mol. The van der Waals surface area contributed by atoms with Gasteiger partial charge in [0, 0.05) is 63.9 Å². The van der Waals surface area contributed by atoms with Crippen LogP contribution < -0.4 is 0 Å². The third kappa shape index (κ3) is 5.45. The molecule has 0 aromatic heterocycles. The van der Waals surface area contributed by atoms with Gasteiger partial charge in [0.25, 0.3) is 5.69 Å². The highest BCUT2D eigenvalue weighted by Gasteiger charge is 2.34. The van der Waals surface area contributed by atoms with Crippen LogP contribution in [0.2, 0.25) is 0 Å². The number of benzene rings is 2. The Morgan fingerprint density at radius 1 is 1.00 bits per heavy atom. The monoisotopic (exact) mass is 486 g/mol. The Hall–Kier alpha value is -2.82. The summed E-state index contributed by atoms with van der Waals surface area (Å²) in [6, 6.07) is 13.4. The molecule has 0 saturated carbocycles. The number of piperidine rings is 1. The van der Waals surface area contributed by atoms with E-state index in [0.29, 0.717) is 25.9 Å². The lowest BCUT2D eigenvalue weighted by Gasteiger charge is -2.38. The number of nitro benzene ring substituents is 1. The molecule has 2 heterocycles. The van der Waals surface area contributed by atoms with Crippen molar-refractivity contribution in [3.8, 4) is 0 Å². The Bertz CT molecular complexity index is 1140. The first-order chi connectivity index (χ1) is 16.2. The van der Waals surface area contributed by atoms with Crippen molar-refractivity contribution in [1.82, 2.24) is 14.1 Å². The molecule has 0 unspecified atom stereocenters. The Morgan fingerprint density at radius 3 is 2.24 bits per heavy atom. The van der Waals surface area contributed by atoms with Crippen LogP contribution in [0.1, 0.15) is 24.0 Å². The second kappa shape index (κ2) is 10.2. The molecule has 2 saturated heterocycles. The van der Waals surface area contributed by atoms with Gasteiger partial charge in [-0.05, 0) is 37.5 Å². The molecule has 0 radical (unpaired) electrons. The number of nitrogens with zero attached hydrogens (tertiary/aromatic N) is 4. The van der Waals surface area contributed by atoms with E-state index in [2.05, 4.69) is 36.1 Å². The van der Waals surface area contributed by atoms with E-state index in [1.165, 1.54) is 39.7 Å². The lowest BCUT2D eigenvalue weighted by atomic mass is 9.96. The third-order valence-electron chi connectivity index (χ3n) is 6.66. The smallest absolute Gasteiger partial charge is 0.269 e. The number of hydrogen-bond donors (Lipinski definition) is 0. The average Bonchev–Trinajstić information content (AvgIpc) is 2.84. The maximum absolute atomic E-state index is 13.1. The fourth-order valence-corrected chi connectivity index (χ4v) is 6.15. The maximum Gasteiger partial charge on any atom is 0.269 e. The molecule has 0 spiro atoms. The molecule has 4 rings (SSSR count). The summed E-state index contributed by atoms with van der Waals surface area (Å²) in [6.45, 7) is 6.52. The number of carbonyl (C=O) groups excluding carboxylic acids is 1. The van der Waals surface area contributed by atoms with Crippen molar-refractivity contribution in [2.75, 3.05) is 39.3 Å². The highest BCUT2D eigenvalue weighted by Crippen LogP contribution is 2.26. The molecule has 2 aromatic carbocycles. The number of carbonyl (C=O) groups is 1. The summed E-state index contributed by atoms with van der Waals surface area (Å²) < 4.78 is 27.2. The molecular formula is C24H30N4O5S. The predicted octanol–water partition coefficient (Wildman–Crippen LogP) is 2.65. The van der Waals surface area contributed by atoms with Crippen LogP contribution in [-0.4, -0.2) is 72.6 Å². The Morgan fingerprint density at radius 2 is 1.65 bits per heavy atom. The molecule has 2 aliphatic heterocycles. The standard InChI is InChI=1S/C24H30N4O5S/c1-19-3-2-4-20(17-19)18-25-13-15-26(16-14-25)24(29)21-9-11-27(12-10-21)34(32,33)23-7-5-22(6-8-23)28(30)31/h2-8,17,21H,9-16,18H2,1H3. The van der Waals surface area contributed by atoms with E-state index in [1.54, 1.807) is 0 Å². The van der Waals surface area contributed by atoms with Crippen molar-refractivity contribution in [2.45, 2.75) is 31.2 Å². The number of nitro groups is 1. The van der Waals surface area contributed by atoms with E-state index < -0.39 is 14.9 Å². The van der Waals surface area contributed by atoms with Crippen molar-refractivity contribution in [1.29, 1.82) is 0 Å². The maximum atomic E-state index is 13.1. The minimum absolute atomic E-state index is 0.0348. The highest BCUT2D eigenvalue weighted by atomic mass is 32.2. The summed E-state index contributed by atoms with van der Waals surface area (Å²) in [7, 11) is -3.74. The summed E-state index contributed by atoms with van der Waals surface area (Å²) in [5.41, 5.74) is 2.37. The van der Waals surface area contributed by atoms with Gasteiger partial charge in [-0.1, -0.05) is 29.8 Å². The molecule has 1 amide bonds. The van der Waals surface area contributed by atoms with Crippen LogP contribution in [0.25, 0.3) is 0 Å². The number of piperazine rings is 1. The summed E-state index contributed by atoms with van der Waals surface area (Å²) in [5.74, 6) is -0.0609. The van der Waals surface area contributed by atoms with Gasteiger partial charge >= 0.3 is 0 Å². The van der Waals surface area contributed by atoms with E-state index in [-0.39, 0.29) is 35.5 Å². The number of sulfonamides is 1. The first-order valence-corrected chi connectivity index (χ1v) is 13.0. The van der Waals surface area contributed by atoms with E-state index >= 15 is 0 Å². The quantitative estimate of drug-likeness (QED) is 0.459. The highest BCUT2D eigenvalue weighted by molar-refractivity contribution is 7.89.